The molecule has 0 aliphatic rings. The summed E-state index contributed by atoms with van der Waals surface area (Å²) in [6.45, 7) is 7.11. The van der Waals surface area contributed by atoms with Crippen LogP contribution in [-0.2, 0) is 4.79 Å². The maximum absolute atomic E-state index is 11.8. The zero-order valence-corrected chi connectivity index (χ0v) is 11.3. The molecule has 0 fully saturated rings. The summed E-state index contributed by atoms with van der Waals surface area (Å²) in [5, 5.41) is 3.03. The van der Waals surface area contributed by atoms with Gasteiger partial charge in [-0.1, -0.05) is 27.2 Å². The molecule has 96 valence electrons. The summed E-state index contributed by atoms with van der Waals surface area (Å²) in [6, 6.07) is -0.196. The van der Waals surface area contributed by atoms with Crippen molar-refractivity contribution in [3.05, 3.63) is 0 Å². The standard InChI is InChI=1S/C12H27N3O/c1-6-7-10(13)12(16)14-11(9(2)3)8-15(4)5/h9-11H,6-8,13H2,1-5H3,(H,14,16)/t10-,11?/m0/s1. The number of rotatable bonds is 7. The van der Waals surface area contributed by atoms with Crippen LogP contribution >= 0.6 is 0 Å². The van der Waals surface area contributed by atoms with Gasteiger partial charge in [0.05, 0.1) is 6.04 Å². The summed E-state index contributed by atoms with van der Waals surface area (Å²) < 4.78 is 0. The Morgan fingerprint density at radius 3 is 2.31 bits per heavy atom. The highest BCUT2D eigenvalue weighted by atomic mass is 16.2. The number of nitrogens with one attached hydrogen (secondary N) is 1. The third-order valence-electron chi connectivity index (χ3n) is 2.63. The van der Waals surface area contributed by atoms with E-state index < -0.39 is 0 Å². The van der Waals surface area contributed by atoms with Crippen molar-refractivity contribution in [3.8, 4) is 0 Å². The molecule has 1 amide bonds. The molecule has 4 nitrogen and oxygen atoms in total. The Morgan fingerprint density at radius 2 is 1.94 bits per heavy atom. The first-order valence-electron chi connectivity index (χ1n) is 6.09. The molecule has 16 heavy (non-hydrogen) atoms. The minimum Gasteiger partial charge on any atom is -0.350 e. The lowest BCUT2D eigenvalue weighted by Crippen LogP contribution is -2.50. The van der Waals surface area contributed by atoms with E-state index in [1.54, 1.807) is 0 Å². The zero-order valence-electron chi connectivity index (χ0n) is 11.3. The summed E-state index contributed by atoms with van der Waals surface area (Å²) in [7, 11) is 4.01. The quantitative estimate of drug-likeness (QED) is 0.679. The van der Waals surface area contributed by atoms with Gasteiger partial charge in [-0.3, -0.25) is 4.79 Å². The fraction of sp³-hybridized carbons (Fsp3) is 0.917. The van der Waals surface area contributed by atoms with Crippen LogP contribution < -0.4 is 11.1 Å². The summed E-state index contributed by atoms with van der Waals surface area (Å²) >= 11 is 0. The van der Waals surface area contributed by atoms with Crippen molar-refractivity contribution in [1.29, 1.82) is 0 Å². The van der Waals surface area contributed by atoms with E-state index in [-0.39, 0.29) is 18.0 Å². The second-order valence-electron chi connectivity index (χ2n) is 5.02. The van der Waals surface area contributed by atoms with E-state index in [0.717, 1.165) is 19.4 Å². The average Bonchev–Trinajstić information content (AvgIpc) is 2.16. The molecule has 4 heteroatoms. The number of nitrogens with zero attached hydrogens (tertiary/aromatic N) is 1. The van der Waals surface area contributed by atoms with Crippen LogP contribution in [-0.4, -0.2) is 43.5 Å². The number of hydrogen-bond donors (Lipinski definition) is 2. The van der Waals surface area contributed by atoms with Crippen molar-refractivity contribution in [3.63, 3.8) is 0 Å². The number of carbonyl (C=O) groups is 1. The normalized spacial score (nSPS) is 15.2. The van der Waals surface area contributed by atoms with E-state index in [1.165, 1.54) is 0 Å². The molecule has 0 radical (unpaired) electrons. The Morgan fingerprint density at radius 1 is 1.38 bits per heavy atom. The number of nitrogens with two attached hydrogens (primary N) is 1. The van der Waals surface area contributed by atoms with Gasteiger partial charge in [0, 0.05) is 12.6 Å². The van der Waals surface area contributed by atoms with Crippen LogP contribution in [0.5, 0.6) is 0 Å². The summed E-state index contributed by atoms with van der Waals surface area (Å²) in [4.78, 5) is 13.9. The molecule has 0 bridgehead atoms. The van der Waals surface area contributed by atoms with Crippen molar-refractivity contribution in [2.75, 3.05) is 20.6 Å². The molecule has 0 saturated carbocycles. The fourth-order valence-electron chi connectivity index (χ4n) is 1.55. The molecular weight excluding hydrogens is 202 g/mol. The Hall–Kier alpha value is -0.610. The molecule has 0 heterocycles. The second kappa shape index (κ2) is 7.63. The molecule has 0 rings (SSSR count). The Bertz CT molecular complexity index is 204. The molecule has 0 saturated heterocycles. The van der Waals surface area contributed by atoms with Gasteiger partial charge in [-0.05, 0) is 26.4 Å². The summed E-state index contributed by atoms with van der Waals surface area (Å²) in [5.74, 6) is 0.391. The minimum atomic E-state index is -0.367. The highest BCUT2D eigenvalue weighted by molar-refractivity contribution is 5.81. The topological polar surface area (TPSA) is 58.4 Å². The van der Waals surface area contributed by atoms with Crippen LogP contribution in [0.3, 0.4) is 0 Å². The molecule has 0 aliphatic heterocycles. The van der Waals surface area contributed by atoms with Gasteiger partial charge in [0.15, 0.2) is 0 Å². The molecule has 0 aromatic carbocycles. The summed E-state index contributed by atoms with van der Waals surface area (Å²) in [6.07, 6.45) is 1.69. The number of likely N-dealkylation sites (N-methyl/N-ethyl adjacent to an activating group) is 1. The Labute approximate surface area is 99.6 Å². The first-order chi connectivity index (χ1) is 7.38. The number of amides is 1. The first-order valence-corrected chi connectivity index (χ1v) is 6.09. The van der Waals surface area contributed by atoms with Crippen LogP contribution in [0, 0.1) is 5.92 Å². The van der Waals surface area contributed by atoms with Crippen LogP contribution in [0.15, 0.2) is 0 Å². The van der Waals surface area contributed by atoms with Crippen LogP contribution in [0.1, 0.15) is 33.6 Å². The van der Waals surface area contributed by atoms with Crippen molar-refractivity contribution in [2.24, 2.45) is 11.7 Å². The van der Waals surface area contributed by atoms with Crippen LogP contribution in [0.2, 0.25) is 0 Å². The van der Waals surface area contributed by atoms with E-state index >= 15 is 0 Å². The number of hydrogen-bond acceptors (Lipinski definition) is 3. The lowest BCUT2D eigenvalue weighted by molar-refractivity contribution is -0.123. The third kappa shape index (κ3) is 6.08. The van der Waals surface area contributed by atoms with E-state index in [0.29, 0.717) is 5.92 Å². The number of carbonyl (C=O) groups excluding carboxylic acids is 1. The molecule has 0 aromatic rings. The first kappa shape index (κ1) is 15.4. The maximum atomic E-state index is 11.8. The highest BCUT2D eigenvalue weighted by Gasteiger charge is 2.20. The lowest BCUT2D eigenvalue weighted by atomic mass is 10.0. The van der Waals surface area contributed by atoms with Crippen molar-refractivity contribution >= 4 is 5.91 Å². The van der Waals surface area contributed by atoms with Gasteiger partial charge >= 0.3 is 0 Å². The van der Waals surface area contributed by atoms with Gasteiger partial charge in [-0.2, -0.15) is 0 Å². The lowest BCUT2D eigenvalue weighted by Gasteiger charge is -2.26. The summed E-state index contributed by atoms with van der Waals surface area (Å²) in [5.41, 5.74) is 5.78. The van der Waals surface area contributed by atoms with Crippen molar-refractivity contribution in [2.45, 2.75) is 45.7 Å². The zero-order chi connectivity index (χ0) is 12.7. The molecule has 0 aliphatic carbocycles. The van der Waals surface area contributed by atoms with Gasteiger partial charge in [-0.25, -0.2) is 0 Å². The third-order valence-corrected chi connectivity index (χ3v) is 2.63. The fourth-order valence-corrected chi connectivity index (χ4v) is 1.55. The van der Waals surface area contributed by atoms with Crippen LogP contribution in [0.25, 0.3) is 0 Å². The van der Waals surface area contributed by atoms with Gasteiger partial charge in [0.1, 0.15) is 0 Å². The van der Waals surface area contributed by atoms with Gasteiger partial charge < -0.3 is 16.0 Å². The SMILES string of the molecule is CCC[C@H](N)C(=O)NC(CN(C)C)C(C)C. The van der Waals surface area contributed by atoms with E-state index in [1.807, 2.05) is 21.0 Å². The minimum absolute atomic E-state index is 0.0256. The largest absolute Gasteiger partial charge is 0.350 e. The van der Waals surface area contributed by atoms with Crippen molar-refractivity contribution < 1.29 is 4.79 Å². The monoisotopic (exact) mass is 229 g/mol. The van der Waals surface area contributed by atoms with Gasteiger partial charge in [-0.15, -0.1) is 0 Å². The second-order valence-corrected chi connectivity index (χ2v) is 5.02. The predicted molar refractivity (Wildman–Crippen MR) is 68.2 cm³/mol. The van der Waals surface area contributed by atoms with Crippen molar-refractivity contribution in [1.82, 2.24) is 10.2 Å². The molecule has 0 spiro atoms. The molecule has 2 atom stereocenters. The molecule has 1 unspecified atom stereocenters. The Balaban J connectivity index is 4.23. The molecular formula is C12H27N3O. The predicted octanol–water partition coefficient (Wildman–Crippen LogP) is 0.816. The Kier molecular flexibility index (Phi) is 7.34. The van der Waals surface area contributed by atoms with E-state index in [4.69, 9.17) is 5.73 Å². The smallest absolute Gasteiger partial charge is 0.237 e. The maximum Gasteiger partial charge on any atom is 0.237 e. The highest BCUT2D eigenvalue weighted by Crippen LogP contribution is 2.04. The average molecular weight is 229 g/mol. The van der Waals surface area contributed by atoms with E-state index in [9.17, 15) is 4.79 Å². The molecule has 0 aromatic heterocycles. The van der Waals surface area contributed by atoms with Gasteiger partial charge in [0.2, 0.25) is 5.91 Å². The van der Waals surface area contributed by atoms with Crippen LogP contribution in [0.4, 0.5) is 0 Å². The van der Waals surface area contributed by atoms with E-state index in [2.05, 4.69) is 24.1 Å². The molecule has 3 N–H and O–H groups in total. The van der Waals surface area contributed by atoms with Gasteiger partial charge in [0.25, 0.3) is 0 Å².